The summed E-state index contributed by atoms with van der Waals surface area (Å²) in [5.74, 6) is 2.22. The van der Waals surface area contributed by atoms with Gasteiger partial charge in [-0.3, -0.25) is 4.79 Å². The van der Waals surface area contributed by atoms with Crippen LogP contribution in [0.4, 0.5) is 5.82 Å². The topological polar surface area (TPSA) is 106 Å². The van der Waals surface area contributed by atoms with Gasteiger partial charge in [0.25, 0.3) is 5.91 Å². The zero-order valence-electron chi connectivity index (χ0n) is 19.6. The smallest absolute Gasteiger partial charge is 0.252 e. The lowest BCUT2D eigenvalue weighted by Crippen LogP contribution is -2.31. The number of rotatable bonds is 7. The molecule has 5 rings (SSSR count). The number of anilines is 1. The third-order valence-corrected chi connectivity index (χ3v) is 7.48. The highest BCUT2D eigenvalue weighted by Crippen LogP contribution is 2.35. The van der Waals surface area contributed by atoms with Gasteiger partial charge in [0.2, 0.25) is 0 Å². The number of hydrogen-bond acceptors (Lipinski definition) is 5. The number of carbonyl (C=O) groups excluding carboxylic acids is 1. The number of nitrogens with one attached hydrogen (secondary N) is 2. The van der Waals surface area contributed by atoms with E-state index >= 15 is 0 Å². The average Bonchev–Trinajstić information content (AvgIpc) is 3.33. The van der Waals surface area contributed by atoms with Crippen LogP contribution in [0.3, 0.4) is 0 Å². The summed E-state index contributed by atoms with van der Waals surface area (Å²) in [6.07, 6.45) is 5.63. The molecule has 0 aliphatic heterocycles. The van der Waals surface area contributed by atoms with Crippen molar-refractivity contribution >= 4 is 46.0 Å². The number of para-hydroxylation sites is 2. The summed E-state index contributed by atoms with van der Waals surface area (Å²) in [6.45, 7) is 0.728. The molecule has 0 spiro atoms. The summed E-state index contributed by atoms with van der Waals surface area (Å²) in [5.41, 5.74) is 9.09. The van der Waals surface area contributed by atoms with Crippen LogP contribution >= 0.6 is 23.2 Å². The zero-order chi connectivity index (χ0) is 25.1. The molecule has 0 atom stereocenters. The lowest BCUT2D eigenvalue weighted by atomic mass is 9.81. The maximum atomic E-state index is 12.8. The summed E-state index contributed by atoms with van der Waals surface area (Å²) in [4.78, 5) is 25.2. The SMILES string of the molecule is Nc1ncc(C(=O)NCC2CCC(c3nc4ccccc4[nH]3)CC2)cc1OCc1c(Cl)cccc1Cl. The number of aromatic nitrogens is 3. The van der Waals surface area contributed by atoms with E-state index in [-0.39, 0.29) is 18.3 Å². The Morgan fingerprint density at radius 3 is 2.58 bits per heavy atom. The lowest BCUT2D eigenvalue weighted by molar-refractivity contribution is 0.0942. The molecule has 2 aromatic heterocycles. The van der Waals surface area contributed by atoms with Crippen LogP contribution in [-0.2, 0) is 6.61 Å². The second-order valence-corrected chi connectivity index (χ2v) is 9.98. The predicted octanol–water partition coefficient (Wildman–Crippen LogP) is 6.13. The maximum Gasteiger partial charge on any atom is 0.252 e. The number of halogens is 2. The summed E-state index contributed by atoms with van der Waals surface area (Å²) in [6, 6.07) is 15.0. The van der Waals surface area contributed by atoms with E-state index in [0.717, 1.165) is 42.5 Å². The van der Waals surface area contributed by atoms with Crippen LogP contribution in [0.25, 0.3) is 11.0 Å². The van der Waals surface area contributed by atoms with Crippen LogP contribution < -0.4 is 15.8 Å². The third kappa shape index (κ3) is 5.42. The Hall–Kier alpha value is -3.29. The lowest BCUT2D eigenvalue weighted by Gasteiger charge is -2.27. The Bertz CT molecular complexity index is 1330. The number of nitrogen functional groups attached to an aromatic ring is 1. The molecule has 0 radical (unpaired) electrons. The van der Waals surface area contributed by atoms with Crippen molar-refractivity contribution in [3.8, 4) is 5.75 Å². The van der Waals surface area contributed by atoms with Crippen molar-refractivity contribution in [2.45, 2.75) is 38.2 Å². The van der Waals surface area contributed by atoms with Crippen molar-refractivity contribution in [2.24, 2.45) is 5.92 Å². The minimum absolute atomic E-state index is 0.115. The summed E-state index contributed by atoms with van der Waals surface area (Å²) in [5, 5.41) is 4.04. The van der Waals surface area contributed by atoms with Crippen LogP contribution in [0, 0.1) is 5.92 Å². The van der Waals surface area contributed by atoms with Gasteiger partial charge in [-0.2, -0.15) is 0 Å². The quantitative estimate of drug-likeness (QED) is 0.270. The van der Waals surface area contributed by atoms with E-state index in [4.69, 9.17) is 38.7 Å². The summed E-state index contributed by atoms with van der Waals surface area (Å²) >= 11 is 12.4. The second-order valence-electron chi connectivity index (χ2n) is 9.16. The van der Waals surface area contributed by atoms with Gasteiger partial charge in [-0.15, -0.1) is 0 Å². The van der Waals surface area contributed by atoms with Crippen LogP contribution in [-0.4, -0.2) is 27.4 Å². The van der Waals surface area contributed by atoms with Crippen LogP contribution in [0.1, 0.15) is 53.3 Å². The molecule has 4 N–H and O–H groups in total. The van der Waals surface area contributed by atoms with Gasteiger partial charge in [0.15, 0.2) is 11.6 Å². The molecule has 0 bridgehead atoms. The highest BCUT2D eigenvalue weighted by Gasteiger charge is 2.25. The molecule has 2 heterocycles. The van der Waals surface area contributed by atoms with Crippen molar-refractivity contribution in [3.05, 3.63) is 81.7 Å². The number of nitrogens with zero attached hydrogens (tertiary/aromatic N) is 2. The number of H-pyrrole nitrogens is 1. The van der Waals surface area contributed by atoms with Crippen LogP contribution in [0.15, 0.2) is 54.7 Å². The first-order valence-electron chi connectivity index (χ1n) is 12.0. The van der Waals surface area contributed by atoms with Gasteiger partial charge in [-0.1, -0.05) is 41.4 Å². The minimum atomic E-state index is -0.206. The molecule has 7 nitrogen and oxygen atoms in total. The Labute approximate surface area is 219 Å². The van der Waals surface area contributed by atoms with E-state index in [0.29, 0.717) is 45.3 Å². The van der Waals surface area contributed by atoms with Crippen molar-refractivity contribution in [2.75, 3.05) is 12.3 Å². The van der Waals surface area contributed by atoms with Gasteiger partial charge in [-0.25, -0.2) is 9.97 Å². The minimum Gasteiger partial charge on any atom is -0.485 e. The Kier molecular flexibility index (Phi) is 7.30. The molecule has 4 aromatic rings. The van der Waals surface area contributed by atoms with Crippen molar-refractivity contribution in [3.63, 3.8) is 0 Å². The Morgan fingerprint density at radius 2 is 1.83 bits per heavy atom. The summed E-state index contributed by atoms with van der Waals surface area (Å²) in [7, 11) is 0. The second kappa shape index (κ2) is 10.8. The summed E-state index contributed by atoms with van der Waals surface area (Å²) < 4.78 is 5.80. The third-order valence-electron chi connectivity index (χ3n) is 6.77. The van der Waals surface area contributed by atoms with Crippen molar-refractivity contribution in [1.29, 1.82) is 0 Å². The first kappa shape index (κ1) is 24.4. The van der Waals surface area contributed by atoms with Gasteiger partial charge >= 0.3 is 0 Å². The number of amides is 1. The molecule has 2 aromatic carbocycles. The molecule has 1 saturated carbocycles. The van der Waals surface area contributed by atoms with Gasteiger partial charge in [0.05, 0.1) is 16.6 Å². The molecule has 1 fully saturated rings. The van der Waals surface area contributed by atoms with E-state index in [1.165, 1.54) is 6.20 Å². The maximum absolute atomic E-state index is 12.8. The molecule has 9 heteroatoms. The average molecular weight is 524 g/mol. The first-order valence-corrected chi connectivity index (χ1v) is 12.8. The molecule has 1 aliphatic carbocycles. The standard InChI is InChI=1S/C27H27Cl2N5O2/c28-20-4-3-5-21(29)19(20)15-36-24-12-18(14-31-25(24)30)27(35)32-13-16-8-10-17(11-9-16)26-33-22-6-1-2-7-23(22)34-26/h1-7,12,14,16-17H,8-11,13,15H2,(H2,30,31)(H,32,35)(H,33,34). The fourth-order valence-electron chi connectivity index (χ4n) is 4.66. The fourth-order valence-corrected chi connectivity index (χ4v) is 5.17. The van der Waals surface area contributed by atoms with Crippen LogP contribution in [0.2, 0.25) is 10.0 Å². The van der Waals surface area contributed by atoms with Gasteiger partial charge in [0, 0.05) is 34.3 Å². The van der Waals surface area contributed by atoms with Crippen molar-refractivity contribution < 1.29 is 9.53 Å². The molecule has 0 saturated heterocycles. The van der Waals surface area contributed by atoms with Gasteiger partial charge < -0.3 is 20.8 Å². The highest BCUT2D eigenvalue weighted by molar-refractivity contribution is 6.35. The number of nitrogens with two attached hydrogens (primary N) is 1. The number of ether oxygens (including phenoxy) is 1. The predicted molar refractivity (Wildman–Crippen MR) is 143 cm³/mol. The molecule has 0 unspecified atom stereocenters. The Morgan fingerprint density at radius 1 is 1.08 bits per heavy atom. The number of carbonyl (C=O) groups is 1. The van der Waals surface area contributed by atoms with E-state index in [1.807, 2.05) is 18.2 Å². The van der Waals surface area contributed by atoms with Crippen molar-refractivity contribution in [1.82, 2.24) is 20.3 Å². The first-order chi connectivity index (χ1) is 17.5. The number of fused-ring (bicyclic) bond motifs is 1. The van der Waals surface area contributed by atoms with Gasteiger partial charge in [0.1, 0.15) is 12.4 Å². The van der Waals surface area contributed by atoms with E-state index < -0.39 is 0 Å². The van der Waals surface area contributed by atoms with Gasteiger partial charge in [-0.05, 0) is 61.9 Å². The monoisotopic (exact) mass is 523 g/mol. The van der Waals surface area contributed by atoms with E-state index in [9.17, 15) is 4.79 Å². The Balaban J connectivity index is 1.14. The molecular weight excluding hydrogens is 497 g/mol. The highest BCUT2D eigenvalue weighted by atomic mass is 35.5. The van der Waals surface area contributed by atoms with E-state index in [1.54, 1.807) is 24.3 Å². The van der Waals surface area contributed by atoms with E-state index in [2.05, 4.69) is 21.4 Å². The zero-order valence-corrected chi connectivity index (χ0v) is 21.1. The molecular formula is C27H27Cl2N5O2. The molecule has 36 heavy (non-hydrogen) atoms. The fraction of sp³-hybridized carbons (Fsp3) is 0.296. The van der Waals surface area contributed by atoms with Crippen LogP contribution in [0.5, 0.6) is 5.75 Å². The normalized spacial score (nSPS) is 17.7. The largest absolute Gasteiger partial charge is 0.485 e. The number of imidazole rings is 1. The molecule has 1 amide bonds. The number of hydrogen-bond donors (Lipinski definition) is 3. The number of pyridine rings is 1. The number of benzene rings is 2. The molecule has 186 valence electrons. The number of aromatic amines is 1. The molecule has 1 aliphatic rings.